The molecule has 1 aromatic carbocycles. The maximum atomic E-state index is 12.7. The summed E-state index contributed by atoms with van der Waals surface area (Å²) in [5.74, 6) is -0.470. The van der Waals surface area contributed by atoms with E-state index in [1.807, 2.05) is 25.1 Å². The van der Waals surface area contributed by atoms with Crippen molar-refractivity contribution in [1.29, 1.82) is 0 Å². The van der Waals surface area contributed by atoms with Crippen LogP contribution < -0.4 is 10.6 Å². The summed E-state index contributed by atoms with van der Waals surface area (Å²) in [5, 5.41) is 5.85. The lowest BCUT2D eigenvalue weighted by Crippen LogP contribution is -2.42. The van der Waals surface area contributed by atoms with Gasteiger partial charge in [-0.05, 0) is 70.5 Å². The Kier molecular flexibility index (Phi) is 6.82. The predicted octanol–water partition coefficient (Wildman–Crippen LogP) is 4.05. The molecule has 0 spiro atoms. The first kappa shape index (κ1) is 22.9. The van der Waals surface area contributed by atoms with Gasteiger partial charge in [0.25, 0.3) is 5.91 Å². The third-order valence-electron chi connectivity index (χ3n) is 4.47. The number of carbonyl (C=O) groups excluding carboxylic acids is 2. The first-order valence-electron chi connectivity index (χ1n) is 10.3. The van der Waals surface area contributed by atoms with E-state index >= 15 is 0 Å². The highest BCUT2D eigenvalue weighted by molar-refractivity contribution is 5.97. The maximum absolute atomic E-state index is 12.7. The standard InChI is InChI=1S/C24H27N5O3/c1-15-8-9-17(21(30)27-16(2)22(31)32-24(3,4)5)13-20(15)29-23-26-12-10-19(28-23)18-7-6-11-25-14-18/h6-14,16H,1-5H3,(H,27,30)(H,26,28,29)/t16-/m0/s1. The number of hydrogen-bond donors (Lipinski definition) is 2. The lowest BCUT2D eigenvalue weighted by atomic mass is 10.1. The highest BCUT2D eigenvalue weighted by atomic mass is 16.6. The average Bonchev–Trinajstić information content (AvgIpc) is 2.75. The summed E-state index contributed by atoms with van der Waals surface area (Å²) in [4.78, 5) is 37.8. The number of rotatable bonds is 6. The van der Waals surface area contributed by atoms with Gasteiger partial charge in [-0.2, -0.15) is 0 Å². The van der Waals surface area contributed by atoms with Crippen LogP contribution in [-0.4, -0.2) is 38.5 Å². The molecule has 3 rings (SSSR count). The number of nitrogens with zero attached hydrogens (tertiary/aromatic N) is 3. The molecule has 166 valence electrons. The second-order valence-corrected chi connectivity index (χ2v) is 8.39. The number of hydrogen-bond acceptors (Lipinski definition) is 7. The van der Waals surface area contributed by atoms with E-state index in [2.05, 4.69) is 25.6 Å². The Labute approximate surface area is 187 Å². The number of ether oxygens (including phenoxy) is 1. The number of amides is 1. The molecule has 8 heteroatoms. The molecule has 2 heterocycles. The van der Waals surface area contributed by atoms with Crippen molar-refractivity contribution in [2.75, 3.05) is 5.32 Å². The van der Waals surface area contributed by atoms with E-state index in [1.54, 1.807) is 64.5 Å². The fourth-order valence-corrected chi connectivity index (χ4v) is 2.84. The van der Waals surface area contributed by atoms with Crippen LogP contribution in [0.1, 0.15) is 43.6 Å². The van der Waals surface area contributed by atoms with Crippen LogP contribution in [0.4, 0.5) is 11.6 Å². The smallest absolute Gasteiger partial charge is 0.328 e. The molecule has 32 heavy (non-hydrogen) atoms. The van der Waals surface area contributed by atoms with Crippen molar-refractivity contribution in [3.8, 4) is 11.3 Å². The SMILES string of the molecule is Cc1ccc(C(=O)N[C@@H](C)C(=O)OC(C)(C)C)cc1Nc1nccc(-c2cccnc2)n1. The second-order valence-electron chi connectivity index (χ2n) is 8.39. The Bertz CT molecular complexity index is 1110. The number of carbonyl (C=O) groups is 2. The Hall–Kier alpha value is -3.81. The molecular weight excluding hydrogens is 406 g/mol. The third kappa shape index (κ3) is 6.10. The molecule has 0 unspecified atom stereocenters. The Morgan fingerprint density at radius 2 is 1.88 bits per heavy atom. The molecule has 0 fully saturated rings. The largest absolute Gasteiger partial charge is 0.458 e. The van der Waals surface area contributed by atoms with Gasteiger partial charge in [-0.15, -0.1) is 0 Å². The van der Waals surface area contributed by atoms with Crippen LogP contribution in [-0.2, 0) is 9.53 Å². The van der Waals surface area contributed by atoms with Gasteiger partial charge < -0.3 is 15.4 Å². The van der Waals surface area contributed by atoms with Crippen LogP contribution in [0, 0.1) is 6.92 Å². The fraction of sp³-hybridized carbons (Fsp3) is 0.292. The summed E-state index contributed by atoms with van der Waals surface area (Å²) in [6.07, 6.45) is 5.09. The minimum Gasteiger partial charge on any atom is -0.458 e. The molecule has 3 aromatic rings. The Morgan fingerprint density at radius 3 is 2.56 bits per heavy atom. The van der Waals surface area contributed by atoms with Crippen molar-refractivity contribution in [3.05, 3.63) is 66.1 Å². The number of nitrogens with one attached hydrogen (secondary N) is 2. The Balaban J connectivity index is 1.75. The number of anilines is 2. The van der Waals surface area contributed by atoms with Gasteiger partial charge in [-0.1, -0.05) is 6.07 Å². The summed E-state index contributed by atoms with van der Waals surface area (Å²) in [6.45, 7) is 8.85. The highest BCUT2D eigenvalue weighted by Crippen LogP contribution is 2.22. The van der Waals surface area contributed by atoms with E-state index in [0.29, 0.717) is 17.2 Å². The number of pyridine rings is 1. The number of benzene rings is 1. The van der Waals surface area contributed by atoms with Crippen LogP contribution in [0.2, 0.25) is 0 Å². The normalized spacial score (nSPS) is 12.0. The topological polar surface area (TPSA) is 106 Å². The van der Waals surface area contributed by atoms with Crippen molar-refractivity contribution < 1.29 is 14.3 Å². The van der Waals surface area contributed by atoms with Crippen molar-refractivity contribution in [2.45, 2.75) is 46.3 Å². The van der Waals surface area contributed by atoms with Crippen LogP contribution in [0.25, 0.3) is 11.3 Å². The molecule has 1 amide bonds. The van der Waals surface area contributed by atoms with Crippen LogP contribution >= 0.6 is 0 Å². The zero-order valence-corrected chi connectivity index (χ0v) is 18.8. The molecule has 1 atom stereocenters. The van der Waals surface area contributed by atoms with Crippen LogP contribution in [0.15, 0.2) is 55.0 Å². The van der Waals surface area contributed by atoms with E-state index in [-0.39, 0.29) is 5.91 Å². The van der Waals surface area contributed by atoms with E-state index in [0.717, 1.165) is 16.8 Å². The molecule has 0 aliphatic heterocycles. The van der Waals surface area contributed by atoms with Gasteiger partial charge in [0.15, 0.2) is 0 Å². The van der Waals surface area contributed by atoms with E-state index in [4.69, 9.17) is 4.74 Å². The summed E-state index contributed by atoms with van der Waals surface area (Å²) < 4.78 is 5.32. The molecule has 2 N–H and O–H groups in total. The van der Waals surface area contributed by atoms with Crippen LogP contribution in [0.3, 0.4) is 0 Å². The monoisotopic (exact) mass is 433 g/mol. The summed E-state index contributed by atoms with van der Waals surface area (Å²) >= 11 is 0. The van der Waals surface area contributed by atoms with E-state index < -0.39 is 17.6 Å². The van der Waals surface area contributed by atoms with Gasteiger partial charge in [0, 0.05) is 35.4 Å². The van der Waals surface area contributed by atoms with Gasteiger partial charge in [0.05, 0.1) is 5.69 Å². The average molecular weight is 434 g/mol. The molecule has 0 aliphatic rings. The first-order chi connectivity index (χ1) is 15.1. The predicted molar refractivity (Wildman–Crippen MR) is 122 cm³/mol. The van der Waals surface area contributed by atoms with Gasteiger partial charge in [-0.3, -0.25) is 9.78 Å². The summed E-state index contributed by atoms with van der Waals surface area (Å²) in [5.41, 5.74) is 2.98. The quantitative estimate of drug-likeness (QED) is 0.565. The van der Waals surface area contributed by atoms with Gasteiger partial charge in [-0.25, -0.2) is 14.8 Å². The van der Waals surface area contributed by atoms with Crippen molar-refractivity contribution in [3.63, 3.8) is 0 Å². The minimum absolute atomic E-state index is 0.378. The van der Waals surface area contributed by atoms with Gasteiger partial charge >= 0.3 is 5.97 Å². The lowest BCUT2D eigenvalue weighted by molar-refractivity contribution is -0.156. The third-order valence-corrected chi connectivity index (χ3v) is 4.47. The Morgan fingerprint density at radius 1 is 1.09 bits per heavy atom. The molecule has 0 bridgehead atoms. The molecule has 0 saturated carbocycles. The molecule has 0 aliphatic carbocycles. The molecule has 0 saturated heterocycles. The van der Waals surface area contributed by atoms with Crippen LogP contribution in [0.5, 0.6) is 0 Å². The van der Waals surface area contributed by atoms with Gasteiger partial charge in [0.2, 0.25) is 5.95 Å². The number of aromatic nitrogens is 3. The summed E-state index contributed by atoms with van der Waals surface area (Å²) in [7, 11) is 0. The molecular formula is C24H27N5O3. The number of aryl methyl sites for hydroxylation is 1. The lowest BCUT2D eigenvalue weighted by Gasteiger charge is -2.22. The highest BCUT2D eigenvalue weighted by Gasteiger charge is 2.23. The fourth-order valence-electron chi connectivity index (χ4n) is 2.84. The van der Waals surface area contributed by atoms with Crippen molar-refractivity contribution >= 4 is 23.5 Å². The maximum Gasteiger partial charge on any atom is 0.328 e. The molecule has 2 aromatic heterocycles. The van der Waals surface area contributed by atoms with E-state index in [9.17, 15) is 9.59 Å². The summed E-state index contributed by atoms with van der Waals surface area (Å²) in [6, 6.07) is 10.0. The first-order valence-corrected chi connectivity index (χ1v) is 10.3. The molecule has 8 nitrogen and oxygen atoms in total. The minimum atomic E-state index is -0.779. The second kappa shape index (κ2) is 9.55. The zero-order valence-electron chi connectivity index (χ0n) is 18.8. The van der Waals surface area contributed by atoms with Gasteiger partial charge in [0.1, 0.15) is 11.6 Å². The van der Waals surface area contributed by atoms with E-state index in [1.165, 1.54) is 0 Å². The number of esters is 1. The zero-order chi connectivity index (χ0) is 23.3. The van der Waals surface area contributed by atoms with Crippen molar-refractivity contribution in [1.82, 2.24) is 20.3 Å². The molecule has 0 radical (unpaired) electrons. The van der Waals surface area contributed by atoms with Crippen molar-refractivity contribution in [2.24, 2.45) is 0 Å².